The number of hydrogen-bond donors (Lipinski definition) is 1. The maximum Gasteiger partial charge on any atom is 0.115 e. The lowest BCUT2D eigenvalue weighted by atomic mass is 9.78. The number of rotatable bonds is 4. The van der Waals surface area contributed by atoms with E-state index in [1.807, 2.05) is 12.4 Å². The zero-order valence-corrected chi connectivity index (χ0v) is 11.9. The van der Waals surface area contributed by atoms with Gasteiger partial charge in [-0.05, 0) is 42.9 Å². The first-order valence-electron chi connectivity index (χ1n) is 7.43. The summed E-state index contributed by atoms with van der Waals surface area (Å²) in [4.78, 5) is 8.35. The molecule has 3 heteroatoms. The van der Waals surface area contributed by atoms with Gasteiger partial charge in [0.1, 0.15) is 6.33 Å². The number of aryl methyl sites for hydroxylation is 1. The largest absolute Gasteiger partial charge is 0.310 e. The molecule has 1 heterocycles. The van der Waals surface area contributed by atoms with Crippen LogP contribution in [0.15, 0.2) is 43.0 Å². The van der Waals surface area contributed by atoms with E-state index in [1.54, 1.807) is 6.33 Å². The fraction of sp³-hybridized carbons (Fsp3) is 0.412. The molecule has 0 fully saturated rings. The van der Waals surface area contributed by atoms with E-state index in [-0.39, 0.29) is 0 Å². The molecule has 104 valence electrons. The normalized spacial score (nSPS) is 19.4. The van der Waals surface area contributed by atoms with Gasteiger partial charge in [0.25, 0.3) is 0 Å². The molecule has 1 N–H and O–H groups in total. The zero-order chi connectivity index (χ0) is 13.8. The fourth-order valence-electron chi connectivity index (χ4n) is 3.26. The summed E-state index contributed by atoms with van der Waals surface area (Å²) < 4.78 is 0. The predicted octanol–water partition coefficient (Wildman–Crippen LogP) is 2.93. The van der Waals surface area contributed by atoms with E-state index in [4.69, 9.17) is 0 Å². The van der Waals surface area contributed by atoms with Gasteiger partial charge in [0, 0.05) is 24.0 Å². The van der Waals surface area contributed by atoms with Crippen molar-refractivity contribution in [2.24, 2.45) is 5.92 Å². The Bertz CT molecular complexity index is 553. The molecular formula is C17H21N3. The first-order valence-corrected chi connectivity index (χ1v) is 7.43. The molecule has 20 heavy (non-hydrogen) atoms. The van der Waals surface area contributed by atoms with E-state index >= 15 is 0 Å². The zero-order valence-electron chi connectivity index (χ0n) is 11.9. The minimum absolute atomic E-state index is 0.356. The second kappa shape index (κ2) is 6.14. The van der Waals surface area contributed by atoms with Crippen LogP contribution in [-0.2, 0) is 12.8 Å². The Morgan fingerprint density at radius 3 is 2.70 bits per heavy atom. The van der Waals surface area contributed by atoms with E-state index in [0.717, 1.165) is 13.0 Å². The van der Waals surface area contributed by atoms with Crippen molar-refractivity contribution >= 4 is 0 Å². The van der Waals surface area contributed by atoms with Crippen molar-refractivity contribution < 1.29 is 0 Å². The van der Waals surface area contributed by atoms with Crippen LogP contribution >= 0.6 is 0 Å². The Balaban J connectivity index is 1.83. The number of nitrogens with zero attached hydrogens (tertiary/aromatic N) is 2. The van der Waals surface area contributed by atoms with Gasteiger partial charge in [0.05, 0.1) is 0 Å². The average Bonchev–Trinajstić information content (AvgIpc) is 2.53. The lowest BCUT2D eigenvalue weighted by molar-refractivity contribution is 0.329. The Kier molecular flexibility index (Phi) is 4.07. The van der Waals surface area contributed by atoms with Crippen LogP contribution in [0.3, 0.4) is 0 Å². The smallest absolute Gasteiger partial charge is 0.115 e. The van der Waals surface area contributed by atoms with Gasteiger partial charge in [0.2, 0.25) is 0 Å². The quantitative estimate of drug-likeness (QED) is 0.925. The van der Waals surface area contributed by atoms with Crippen molar-refractivity contribution in [3.8, 4) is 0 Å². The van der Waals surface area contributed by atoms with Crippen LogP contribution in [0.2, 0.25) is 0 Å². The molecule has 2 unspecified atom stereocenters. The highest BCUT2D eigenvalue weighted by molar-refractivity contribution is 5.30. The van der Waals surface area contributed by atoms with Crippen molar-refractivity contribution in [3.63, 3.8) is 0 Å². The summed E-state index contributed by atoms with van der Waals surface area (Å²) >= 11 is 0. The summed E-state index contributed by atoms with van der Waals surface area (Å²) in [6.07, 6.45) is 9.03. The maximum absolute atomic E-state index is 4.18. The predicted molar refractivity (Wildman–Crippen MR) is 80.4 cm³/mol. The van der Waals surface area contributed by atoms with E-state index < -0.39 is 0 Å². The monoisotopic (exact) mass is 267 g/mol. The minimum atomic E-state index is 0.356. The SMILES string of the molecule is CCNC(c1cncnc1)C1CCc2ccccc2C1. The topological polar surface area (TPSA) is 37.8 Å². The molecular weight excluding hydrogens is 246 g/mol. The van der Waals surface area contributed by atoms with Crippen LogP contribution in [-0.4, -0.2) is 16.5 Å². The molecule has 0 saturated carbocycles. The highest BCUT2D eigenvalue weighted by atomic mass is 14.9. The van der Waals surface area contributed by atoms with E-state index in [9.17, 15) is 0 Å². The molecule has 1 aliphatic rings. The van der Waals surface area contributed by atoms with Crippen LogP contribution in [0.4, 0.5) is 0 Å². The summed E-state index contributed by atoms with van der Waals surface area (Å²) in [5.41, 5.74) is 4.23. The first kappa shape index (κ1) is 13.3. The van der Waals surface area contributed by atoms with Gasteiger partial charge in [-0.1, -0.05) is 31.2 Å². The molecule has 1 aliphatic carbocycles. The highest BCUT2D eigenvalue weighted by Gasteiger charge is 2.27. The van der Waals surface area contributed by atoms with Crippen molar-refractivity contribution in [2.45, 2.75) is 32.2 Å². The maximum atomic E-state index is 4.18. The van der Waals surface area contributed by atoms with Crippen molar-refractivity contribution in [2.75, 3.05) is 6.54 Å². The van der Waals surface area contributed by atoms with E-state index in [1.165, 1.54) is 29.5 Å². The van der Waals surface area contributed by atoms with E-state index in [0.29, 0.717) is 12.0 Å². The molecule has 3 nitrogen and oxygen atoms in total. The molecule has 0 aliphatic heterocycles. The summed E-state index contributed by atoms with van der Waals surface area (Å²) in [6, 6.07) is 9.18. The molecule has 0 bridgehead atoms. The lowest BCUT2D eigenvalue weighted by Crippen LogP contribution is -2.32. The van der Waals surface area contributed by atoms with Crippen LogP contribution in [0.25, 0.3) is 0 Å². The average molecular weight is 267 g/mol. The first-order chi connectivity index (χ1) is 9.88. The summed E-state index contributed by atoms with van der Waals surface area (Å²) in [5.74, 6) is 0.621. The van der Waals surface area contributed by atoms with Crippen LogP contribution in [0, 0.1) is 5.92 Å². The fourth-order valence-corrected chi connectivity index (χ4v) is 3.26. The number of nitrogens with one attached hydrogen (secondary N) is 1. The molecule has 0 radical (unpaired) electrons. The molecule has 1 aromatic heterocycles. The summed E-state index contributed by atoms with van der Waals surface area (Å²) in [7, 11) is 0. The van der Waals surface area contributed by atoms with Gasteiger partial charge >= 0.3 is 0 Å². The summed E-state index contributed by atoms with van der Waals surface area (Å²) in [6.45, 7) is 3.13. The van der Waals surface area contributed by atoms with Gasteiger partial charge in [-0.3, -0.25) is 0 Å². The third kappa shape index (κ3) is 2.73. The molecule has 2 aromatic rings. The lowest BCUT2D eigenvalue weighted by Gasteiger charge is -2.32. The van der Waals surface area contributed by atoms with Crippen molar-refractivity contribution in [1.29, 1.82) is 0 Å². The molecule has 0 saturated heterocycles. The van der Waals surface area contributed by atoms with Gasteiger partial charge in [-0.2, -0.15) is 0 Å². The summed E-state index contributed by atoms with van der Waals surface area (Å²) in [5, 5.41) is 3.62. The van der Waals surface area contributed by atoms with Gasteiger partial charge in [0.15, 0.2) is 0 Å². The molecule has 3 rings (SSSR count). The van der Waals surface area contributed by atoms with Crippen molar-refractivity contribution in [3.05, 3.63) is 59.7 Å². The van der Waals surface area contributed by atoms with Crippen LogP contribution in [0.5, 0.6) is 0 Å². The number of fused-ring (bicyclic) bond motifs is 1. The van der Waals surface area contributed by atoms with Gasteiger partial charge < -0.3 is 5.32 Å². The minimum Gasteiger partial charge on any atom is -0.310 e. The Morgan fingerprint density at radius 1 is 1.20 bits per heavy atom. The second-order valence-corrected chi connectivity index (χ2v) is 5.48. The highest BCUT2D eigenvalue weighted by Crippen LogP contribution is 2.33. The molecule has 1 aromatic carbocycles. The van der Waals surface area contributed by atoms with Gasteiger partial charge in [-0.15, -0.1) is 0 Å². The molecule has 2 atom stereocenters. The number of aromatic nitrogens is 2. The van der Waals surface area contributed by atoms with Gasteiger partial charge in [-0.25, -0.2) is 9.97 Å². The number of hydrogen-bond acceptors (Lipinski definition) is 3. The number of benzene rings is 1. The third-order valence-corrected chi connectivity index (χ3v) is 4.22. The Morgan fingerprint density at radius 2 is 1.95 bits per heavy atom. The molecule has 0 spiro atoms. The Hall–Kier alpha value is -1.74. The third-order valence-electron chi connectivity index (χ3n) is 4.22. The Labute approximate surface area is 120 Å². The van der Waals surface area contributed by atoms with Crippen LogP contribution in [0.1, 0.15) is 36.1 Å². The van der Waals surface area contributed by atoms with E-state index in [2.05, 4.69) is 46.5 Å². The van der Waals surface area contributed by atoms with Crippen molar-refractivity contribution in [1.82, 2.24) is 15.3 Å². The van der Waals surface area contributed by atoms with Crippen LogP contribution < -0.4 is 5.32 Å². The molecule has 0 amide bonds. The second-order valence-electron chi connectivity index (χ2n) is 5.48. The standard InChI is InChI=1S/C17H21N3/c1-2-20-17(16-10-18-12-19-11-16)15-8-7-13-5-3-4-6-14(13)9-15/h3-6,10-12,15,17,20H,2,7-9H2,1H3.